The van der Waals surface area contributed by atoms with Crippen LogP contribution < -0.4 is 15.4 Å². The molecule has 0 unspecified atom stereocenters. The molecule has 1 saturated heterocycles. The second kappa shape index (κ2) is 10.6. The van der Waals surface area contributed by atoms with Crippen molar-refractivity contribution in [3.05, 3.63) is 64.7 Å². The van der Waals surface area contributed by atoms with Crippen molar-refractivity contribution in [2.45, 2.75) is 17.9 Å². The Bertz CT molecular complexity index is 1110. The number of piperazine rings is 1. The average molecular weight is 479 g/mol. The summed E-state index contributed by atoms with van der Waals surface area (Å²) in [6, 6.07) is 12.8. The fraction of sp³-hybridized carbons (Fsp3) is 0.286. The van der Waals surface area contributed by atoms with Gasteiger partial charge >= 0.3 is 0 Å². The number of hydrogen-bond donors (Lipinski definition) is 3. The molecule has 32 heavy (non-hydrogen) atoms. The number of benzene rings is 2. The molecule has 0 spiro atoms. The highest BCUT2D eigenvalue weighted by Crippen LogP contribution is 2.20. The standard InChI is InChI=1S/C21H23ClN4O5S/c22-17-3-1-2-4-18(17)32(30,31)25-10-9-19(27)24-13-15-5-7-16(8-6-15)21(29)26-12-11-23-20(28)14-26/h1-8,25H,9-14H2,(H,23,28)(H,24,27). The zero-order valence-corrected chi connectivity index (χ0v) is 18.7. The fourth-order valence-corrected chi connectivity index (χ4v) is 4.64. The van der Waals surface area contributed by atoms with Crippen LogP contribution in [0.1, 0.15) is 22.3 Å². The number of rotatable bonds is 8. The molecule has 3 rings (SSSR count). The van der Waals surface area contributed by atoms with Gasteiger partial charge in [-0.05, 0) is 29.8 Å². The van der Waals surface area contributed by atoms with Crippen molar-refractivity contribution in [2.75, 3.05) is 26.2 Å². The van der Waals surface area contributed by atoms with Gasteiger partial charge < -0.3 is 15.5 Å². The zero-order chi connectivity index (χ0) is 23.1. The van der Waals surface area contributed by atoms with Crippen molar-refractivity contribution in [1.82, 2.24) is 20.3 Å². The van der Waals surface area contributed by atoms with Crippen LogP contribution in [0.3, 0.4) is 0 Å². The molecule has 0 atom stereocenters. The number of carbonyl (C=O) groups excluding carboxylic acids is 3. The SMILES string of the molecule is O=C(CCNS(=O)(=O)c1ccccc1Cl)NCc1ccc(C(=O)N2CCNC(=O)C2)cc1. The first-order chi connectivity index (χ1) is 15.3. The van der Waals surface area contributed by atoms with Gasteiger partial charge in [-0.15, -0.1) is 0 Å². The number of amides is 3. The number of halogens is 1. The fourth-order valence-electron chi connectivity index (χ4n) is 3.09. The minimum Gasteiger partial charge on any atom is -0.353 e. The van der Waals surface area contributed by atoms with E-state index in [0.29, 0.717) is 18.7 Å². The Morgan fingerprint density at radius 1 is 1.09 bits per heavy atom. The highest BCUT2D eigenvalue weighted by atomic mass is 35.5. The second-order valence-corrected chi connectivity index (χ2v) is 9.27. The molecule has 11 heteroatoms. The van der Waals surface area contributed by atoms with Gasteiger partial charge in [-0.1, -0.05) is 35.9 Å². The van der Waals surface area contributed by atoms with Crippen LogP contribution in [0.4, 0.5) is 0 Å². The summed E-state index contributed by atoms with van der Waals surface area (Å²) in [5.41, 5.74) is 1.24. The molecule has 3 amide bonds. The summed E-state index contributed by atoms with van der Waals surface area (Å²) in [5.74, 6) is -0.731. The van der Waals surface area contributed by atoms with Crippen LogP contribution in [0.5, 0.6) is 0 Å². The lowest BCUT2D eigenvalue weighted by molar-refractivity contribution is -0.123. The molecule has 1 fully saturated rings. The molecule has 2 aromatic rings. The van der Waals surface area contributed by atoms with E-state index in [2.05, 4.69) is 15.4 Å². The van der Waals surface area contributed by atoms with Crippen molar-refractivity contribution in [3.8, 4) is 0 Å². The molecule has 0 radical (unpaired) electrons. The van der Waals surface area contributed by atoms with E-state index in [1.807, 2.05) is 0 Å². The van der Waals surface area contributed by atoms with Crippen molar-refractivity contribution in [3.63, 3.8) is 0 Å². The van der Waals surface area contributed by atoms with Crippen LogP contribution in [0.25, 0.3) is 0 Å². The first-order valence-corrected chi connectivity index (χ1v) is 11.8. The highest BCUT2D eigenvalue weighted by Gasteiger charge is 2.22. The monoisotopic (exact) mass is 478 g/mol. The Hall–Kier alpha value is -2.95. The number of sulfonamides is 1. The molecular weight excluding hydrogens is 456 g/mol. The third kappa shape index (κ3) is 6.28. The largest absolute Gasteiger partial charge is 0.353 e. The summed E-state index contributed by atoms with van der Waals surface area (Å²) in [6.45, 7) is 1.09. The molecule has 1 aliphatic rings. The molecule has 3 N–H and O–H groups in total. The molecule has 170 valence electrons. The topological polar surface area (TPSA) is 125 Å². The predicted molar refractivity (Wildman–Crippen MR) is 118 cm³/mol. The smallest absolute Gasteiger partial charge is 0.254 e. The van der Waals surface area contributed by atoms with Crippen molar-refractivity contribution in [1.29, 1.82) is 0 Å². The Kier molecular flexibility index (Phi) is 7.84. The second-order valence-electron chi connectivity index (χ2n) is 7.13. The third-order valence-corrected chi connectivity index (χ3v) is 6.75. The summed E-state index contributed by atoms with van der Waals surface area (Å²) in [4.78, 5) is 37.4. The van der Waals surface area contributed by atoms with Crippen LogP contribution in [0.15, 0.2) is 53.4 Å². The van der Waals surface area contributed by atoms with E-state index in [1.165, 1.54) is 17.0 Å². The van der Waals surface area contributed by atoms with E-state index >= 15 is 0 Å². The van der Waals surface area contributed by atoms with Crippen LogP contribution in [0.2, 0.25) is 5.02 Å². The molecule has 9 nitrogen and oxygen atoms in total. The molecular formula is C21H23ClN4O5S. The van der Waals surface area contributed by atoms with E-state index in [0.717, 1.165) is 5.56 Å². The maximum absolute atomic E-state index is 12.5. The molecule has 0 saturated carbocycles. The Morgan fingerprint density at radius 3 is 2.50 bits per heavy atom. The van der Waals surface area contributed by atoms with Crippen LogP contribution >= 0.6 is 11.6 Å². The average Bonchev–Trinajstić information content (AvgIpc) is 2.77. The van der Waals surface area contributed by atoms with Crippen molar-refractivity contribution >= 4 is 39.3 Å². The highest BCUT2D eigenvalue weighted by molar-refractivity contribution is 7.89. The molecule has 0 aliphatic carbocycles. The van der Waals surface area contributed by atoms with E-state index in [4.69, 9.17) is 11.6 Å². The molecule has 1 aliphatic heterocycles. The summed E-state index contributed by atoms with van der Waals surface area (Å²) >= 11 is 5.91. The van der Waals surface area contributed by atoms with Crippen LogP contribution in [-0.4, -0.2) is 57.2 Å². The van der Waals surface area contributed by atoms with Gasteiger partial charge in [0.2, 0.25) is 21.8 Å². The van der Waals surface area contributed by atoms with Gasteiger partial charge in [-0.3, -0.25) is 14.4 Å². The Labute approximate surface area is 191 Å². The van der Waals surface area contributed by atoms with Gasteiger partial charge in [0.05, 0.1) is 11.6 Å². The molecule has 1 heterocycles. The number of carbonyl (C=O) groups is 3. The van der Waals surface area contributed by atoms with Crippen LogP contribution in [-0.2, 0) is 26.2 Å². The maximum Gasteiger partial charge on any atom is 0.254 e. The quantitative estimate of drug-likeness (QED) is 0.520. The molecule has 0 aromatic heterocycles. The number of nitrogens with one attached hydrogen (secondary N) is 3. The molecule has 0 bridgehead atoms. The lowest BCUT2D eigenvalue weighted by Crippen LogP contribution is -2.49. The van der Waals surface area contributed by atoms with Crippen molar-refractivity contribution < 1.29 is 22.8 Å². The summed E-state index contributed by atoms with van der Waals surface area (Å²) in [5, 5.41) is 5.48. The van der Waals surface area contributed by atoms with Gasteiger partial charge in [0, 0.05) is 38.2 Å². The Morgan fingerprint density at radius 2 is 1.81 bits per heavy atom. The van der Waals surface area contributed by atoms with E-state index in [1.54, 1.807) is 36.4 Å². The minimum atomic E-state index is -3.80. The first kappa shape index (κ1) is 23.7. The van der Waals surface area contributed by atoms with Crippen LogP contribution in [0, 0.1) is 0 Å². The van der Waals surface area contributed by atoms with Gasteiger partial charge in [0.1, 0.15) is 4.90 Å². The van der Waals surface area contributed by atoms with Crippen molar-refractivity contribution in [2.24, 2.45) is 0 Å². The third-order valence-electron chi connectivity index (χ3n) is 4.79. The normalized spacial score (nSPS) is 14.0. The summed E-state index contributed by atoms with van der Waals surface area (Å²) in [7, 11) is -3.80. The van der Waals surface area contributed by atoms with Gasteiger partial charge in [-0.25, -0.2) is 13.1 Å². The number of nitrogens with zero attached hydrogens (tertiary/aromatic N) is 1. The predicted octanol–water partition coefficient (Wildman–Crippen LogP) is 0.897. The lowest BCUT2D eigenvalue weighted by Gasteiger charge is -2.26. The first-order valence-electron chi connectivity index (χ1n) is 9.92. The van der Waals surface area contributed by atoms with E-state index in [9.17, 15) is 22.8 Å². The van der Waals surface area contributed by atoms with E-state index < -0.39 is 10.0 Å². The van der Waals surface area contributed by atoms with Gasteiger partial charge in [0.25, 0.3) is 5.91 Å². The van der Waals surface area contributed by atoms with Gasteiger partial charge in [-0.2, -0.15) is 0 Å². The Balaban J connectivity index is 1.44. The summed E-state index contributed by atoms with van der Waals surface area (Å²) < 4.78 is 26.9. The van der Waals surface area contributed by atoms with Gasteiger partial charge in [0.15, 0.2) is 0 Å². The van der Waals surface area contributed by atoms with E-state index in [-0.39, 0.29) is 53.7 Å². The summed E-state index contributed by atoms with van der Waals surface area (Å²) in [6.07, 6.45) is -0.0444. The minimum absolute atomic E-state index is 0.0386. The number of hydrogen-bond acceptors (Lipinski definition) is 5. The maximum atomic E-state index is 12.5. The zero-order valence-electron chi connectivity index (χ0n) is 17.1. The lowest BCUT2D eigenvalue weighted by atomic mass is 10.1. The molecule has 2 aromatic carbocycles.